The zero-order chi connectivity index (χ0) is 19.6. The molecule has 1 aromatic heterocycles. The number of imidazole rings is 1. The summed E-state index contributed by atoms with van der Waals surface area (Å²) in [5, 5.41) is 3.20. The van der Waals surface area contributed by atoms with Crippen LogP contribution in [-0.2, 0) is 17.6 Å². The molecule has 3 rings (SSSR count). The van der Waals surface area contributed by atoms with E-state index in [-0.39, 0.29) is 11.9 Å². The minimum absolute atomic E-state index is 0.0168. The Balaban J connectivity index is 1.58. The molecule has 28 heavy (non-hydrogen) atoms. The maximum atomic E-state index is 12.5. The first-order valence-electron chi connectivity index (χ1n) is 10.4. The highest BCUT2D eigenvalue weighted by Crippen LogP contribution is 2.31. The van der Waals surface area contributed by atoms with Gasteiger partial charge >= 0.3 is 0 Å². The molecule has 0 bridgehead atoms. The number of carbonyl (C=O) groups is 1. The van der Waals surface area contributed by atoms with Gasteiger partial charge in [0, 0.05) is 31.3 Å². The Morgan fingerprint density at radius 2 is 1.96 bits per heavy atom. The Morgan fingerprint density at radius 3 is 2.75 bits per heavy atom. The van der Waals surface area contributed by atoms with Crippen LogP contribution in [0.1, 0.15) is 56.8 Å². The van der Waals surface area contributed by atoms with Crippen molar-refractivity contribution >= 4 is 5.91 Å². The van der Waals surface area contributed by atoms with E-state index in [4.69, 9.17) is 9.47 Å². The smallest absolute Gasteiger partial charge is 0.220 e. The van der Waals surface area contributed by atoms with Crippen molar-refractivity contribution in [2.75, 3.05) is 13.2 Å². The van der Waals surface area contributed by atoms with Crippen molar-refractivity contribution in [3.05, 3.63) is 42.0 Å². The van der Waals surface area contributed by atoms with Gasteiger partial charge in [-0.3, -0.25) is 4.79 Å². The Morgan fingerprint density at radius 1 is 1.14 bits per heavy atom. The highest BCUT2D eigenvalue weighted by Gasteiger charge is 2.17. The summed E-state index contributed by atoms with van der Waals surface area (Å²) in [4.78, 5) is 19.9. The highest BCUT2D eigenvalue weighted by atomic mass is 16.6. The Bertz CT molecular complexity index is 731. The van der Waals surface area contributed by atoms with Gasteiger partial charge in [-0.25, -0.2) is 4.98 Å². The van der Waals surface area contributed by atoms with Gasteiger partial charge in [-0.1, -0.05) is 38.7 Å². The number of aromatic amines is 1. The number of rotatable bonds is 11. The summed E-state index contributed by atoms with van der Waals surface area (Å²) in [6, 6.07) is 5.99. The van der Waals surface area contributed by atoms with Crippen LogP contribution in [0.2, 0.25) is 0 Å². The zero-order valence-electron chi connectivity index (χ0n) is 16.7. The van der Waals surface area contributed by atoms with E-state index in [9.17, 15) is 4.79 Å². The first-order chi connectivity index (χ1) is 13.7. The number of amides is 1. The molecule has 2 heterocycles. The molecule has 2 N–H and O–H groups in total. The largest absolute Gasteiger partial charge is 0.486 e. The van der Waals surface area contributed by atoms with E-state index in [2.05, 4.69) is 22.2 Å². The molecule has 0 fully saturated rings. The molecule has 0 aliphatic carbocycles. The molecule has 0 saturated heterocycles. The number of ether oxygens (including phenoxy) is 2. The number of carbonyl (C=O) groups excluding carboxylic acids is 1. The lowest BCUT2D eigenvalue weighted by molar-refractivity contribution is -0.121. The average molecular weight is 386 g/mol. The van der Waals surface area contributed by atoms with E-state index in [0.29, 0.717) is 26.1 Å². The maximum Gasteiger partial charge on any atom is 0.220 e. The summed E-state index contributed by atoms with van der Waals surface area (Å²) in [5.41, 5.74) is 1.11. The molecule has 6 heteroatoms. The van der Waals surface area contributed by atoms with Crippen molar-refractivity contribution in [3.63, 3.8) is 0 Å². The number of aromatic nitrogens is 2. The lowest BCUT2D eigenvalue weighted by atomic mass is 10.0. The molecule has 152 valence electrons. The van der Waals surface area contributed by atoms with E-state index in [1.807, 2.05) is 24.4 Å². The van der Waals surface area contributed by atoms with Gasteiger partial charge in [0.25, 0.3) is 0 Å². The second kappa shape index (κ2) is 10.7. The third-order valence-electron chi connectivity index (χ3n) is 4.96. The van der Waals surface area contributed by atoms with Crippen LogP contribution in [0.4, 0.5) is 0 Å². The number of hydrogen-bond acceptors (Lipinski definition) is 4. The second-order valence-electron chi connectivity index (χ2n) is 7.35. The molecular weight excluding hydrogens is 354 g/mol. The summed E-state index contributed by atoms with van der Waals surface area (Å²) < 4.78 is 11.3. The summed E-state index contributed by atoms with van der Waals surface area (Å²) in [7, 11) is 0. The van der Waals surface area contributed by atoms with Crippen LogP contribution in [0.5, 0.6) is 11.5 Å². The van der Waals surface area contributed by atoms with E-state index in [0.717, 1.165) is 42.1 Å². The minimum atomic E-state index is -0.0168. The topological polar surface area (TPSA) is 76.2 Å². The molecule has 6 nitrogen and oxygen atoms in total. The maximum absolute atomic E-state index is 12.5. The fourth-order valence-corrected chi connectivity index (χ4v) is 3.51. The van der Waals surface area contributed by atoms with Crippen molar-refractivity contribution in [1.29, 1.82) is 0 Å². The van der Waals surface area contributed by atoms with Gasteiger partial charge < -0.3 is 19.8 Å². The molecule has 1 aliphatic heterocycles. The van der Waals surface area contributed by atoms with Crippen molar-refractivity contribution in [3.8, 4) is 11.5 Å². The van der Waals surface area contributed by atoms with Gasteiger partial charge in [-0.2, -0.15) is 0 Å². The summed E-state index contributed by atoms with van der Waals surface area (Å²) in [6.07, 6.45) is 11.3. The SMILES string of the molecule is CCCCCCCC(=O)NC(Cc1ccc2c(c1)OCCO2)Cc1ncc[nH]1. The molecule has 0 radical (unpaired) electrons. The van der Waals surface area contributed by atoms with Crippen LogP contribution in [-0.4, -0.2) is 35.1 Å². The van der Waals surface area contributed by atoms with Crippen molar-refractivity contribution in [2.24, 2.45) is 0 Å². The van der Waals surface area contributed by atoms with E-state index >= 15 is 0 Å². The number of fused-ring (bicyclic) bond motifs is 1. The van der Waals surface area contributed by atoms with Gasteiger partial charge in [0.2, 0.25) is 5.91 Å². The van der Waals surface area contributed by atoms with Gasteiger partial charge in [-0.15, -0.1) is 0 Å². The molecule has 1 aromatic carbocycles. The Kier molecular flexibility index (Phi) is 7.76. The number of nitrogens with one attached hydrogen (secondary N) is 2. The van der Waals surface area contributed by atoms with E-state index in [1.54, 1.807) is 6.20 Å². The monoisotopic (exact) mass is 385 g/mol. The van der Waals surface area contributed by atoms with Crippen molar-refractivity contribution < 1.29 is 14.3 Å². The molecule has 0 saturated carbocycles. The Hall–Kier alpha value is -2.50. The van der Waals surface area contributed by atoms with Crippen molar-refractivity contribution in [1.82, 2.24) is 15.3 Å². The van der Waals surface area contributed by atoms with Crippen LogP contribution in [0.25, 0.3) is 0 Å². The molecule has 0 spiro atoms. The van der Waals surface area contributed by atoms with E-state index < -0.39 is 0 Å². The summed E-state index contributed by atoms with van der Waals surface area (Å²) in [5.74, 6) is 2.56. The number of unbranched alkanes of at least 4 members (excludes halogenated alkanes) is 4. The fraction of sp³-hybridized carbons (Fsp3) is 0.545. The number of nitrogens with zero attached hydrogens (tertiary/aromatic N) is 1. The molecule has 1 unspecified atom stereocenters. The third kappa shape index (κ3) is 6.29. The second-order valence-corrected chi connectivity index (χ2v) is 7.35. The zero-order valence-corrected chi connectivity index (χ0v) is 16.7. The van der Waals surface area contributed by atoms with Gasteiger partial charge in [0.05, 0.1) is 0 Å². The summed E-state index contributed by atoms with van der Waals surface area (Å²) >= 11 is 0. The lowest BCUT2D eigenvalue weighted by Crippen LogP contribution is -2.38. The minimum Gasteiger partial charge on any atom is -0.486 e. The fourth-order valence-electron chi connectivity index (χ4n) is 3.51. The highest BCUT2D eigenvalue weighted by molar-refractivity contribution is 5.76. The lowest BCUT2D eigenvalue weighted by Gasteiger charge is -2.21. The number of hydrogen-bond donors (Lipinski definition) is 2. The Labute approximate surface area is 167 Å². The molecule has 2 aromatic rings. The molecular formula is C22H31N3O3. The number of H-pyrrole nitrogens is 1. The van der Waals surface area contributed by atoms with Gasteiger partial charge in [0.15, 0.2) is 11.5 Å². The quantitative estimate of drug-likeness (QED) is 0.577. The van der Waals surface area contributed by atoms with Gasteiger partial charge in [0.1, 0.15) is 19.0 Å². The predicted molar refractivity (Wildman–Crippen MR) is 109 cm³/mol. The first kappa shape index (κ1) is 20.2. The molecule has 1 atom stereocenters. The van der Waals surface area contributed by atoms with Crippen LogP contribution in [0.3, 0.4) is 0 Å². The normalized spacial score (nSPS) is 13.9. The molecule has 1 aliphatic rings. The van der Waals surface area contributed by atoms with Gasteiger partial charge in [-0.05, 0) is 30.5 Å². The van der Waals surface area contributed by atoms with Crippen molar-refractivity contribution in [2.45, 2.75) is 64.3 Å². The van der Waals surface area contributed by atoms with Crippen LogP contribution in [0, 0.1) is 0 Å². The van der Waals surface area contributed by atoms with E-state index in [1.165, 1.54) is 19.3 Å². The average Bonchev–Trinajstić information content (AvgIpc) is 3.20. The van der Waals surface area contributed by atoms with Crippen LogP contribution >= 0.6 is 0 Å². The molecule has 1 amide bonds. The number of benzene rings is 1. The summed E-state index contributed by atoms with van der Waals surface area (Å²) in [6.45, 7) is 3.35. The van der Waals surface area contributed by atoms with Crippen LogP contribution in [0.15, 0.2) is 30.6 Å². The standard InChI is InChI=1S/C22H31N3O3/c1-2-3-4-5-6-7-22(26)25-18(16-21-23-10-11-24-21)14-17-8-9-19-20(15-17)28-13-12-27-19/h8-11,15,18H,2-7,12-14,16H2,1H3,(H,23,24)(H,25,26). The van der Waals surface area contributed by atoms with Crippen LogP contribution < -0.4 is 14.8 Å². The first-order valence-corrected chi connectivity index (χ1v) is 10.4. The third-order valence-corrected chi connectivity index (χ3v) is 4.96. The predicted octanol–water partition coefficient (Wildman–Crippen LogP) is 3.81.